The number of halogens is 4. The highest BCUT2D eigenvalue weighted by Crippen LogP contribution is 2.28. The molecule has 1 aromatic carbocycles. The third kappa shape index (κ3) is 3.30. The Morgan fingerprint density at radius 2 is 2.05 bits per heavy atom. The Balaban J connectivity index is 2.37. The summed E-state index contributed by atoms with van der Waals surface area (Å²) in [5.41, 5.74) is 0.0146. The third-order valence-electron chi connectivity index (χ3n) is 2.35. The zero-order valence-corrected chi connectivity index (χ0v) is 10.5. The first-order valence-electron chi connectivity index (χ1n) is 5.29. The van der Waals surface area contributed by atoms with Gasteiger partial charge in [0.05, 0.1) is 10.5 Å². The monoisotopic (exact) mass is 305 g/mol. The van der Waals surface area contributed by atoms with E-state index >= 15 is 0 Å². The minimum Gasteiger partial charge on any atom is -0.484 e. The SMILES string of the molecule is O=C(O)c1cc(Cl)c2cc(OCC(F)(F)F)ccc2n1. The highest BCUT2D eigenvalue weighted by molar-refractivity contribution is 6.35. The van der Waals surface area contributed by atoms with Crippen LogP contribution < -0.4 is 4.74 Å². The van der Waals surface area contributed by atoms with Crippen LogP contribution in [0, 0.1) is 0 Å². The molecule has 0 aliphatic heterocycles. The minimum absolute atomic E-state index is 0.0263. The van der Waals surface area contributed by atoms with Gasteiger partial charge in [-0.1, -0.05) is 11.6 Å². The van der Waals surface area contributed by atoms with E-state index in [-0.39, 0.29) is 22.0 Å². The lowest BCUT2D eigenvalue weighted by Crippen LogP contribution is -2.19. The van der Waals surface area contributed by atoms with E-state index in [0.717, 1.165) is 6.07 Å². The number of nitrogens with zero attached hydrogens (tertiary/aromatic N) is 1. The number of fused-ring (bicyclic) bond motifs is 1. The maximum Gasteiger partial charge on any atom is 0.422 e. The van der Waals surface area contributed by atoms with E-state index in [9.17, 15) is 18.0 Å². The number of alkyl halides is 3. The second-order valence-electron chi connectivity index (χ2n) is 3.88. The molecule has 8 heteroatoms. The zero-order chi connectivity index (χ0) is 14.9. The van der Waals surface area contributed by atoms with Gasteiger partial charge in [-0.2, -0.15) is 13.2 Å². The van der Waals surface area contributed by atoms with Crippen LogP contribution in [0.2, 0.25) is 5.02 Å². The fourth-order valence-corrected chi connectivity index (χ4v) is 1.78. The van der Waals surface area contributed by atoms with Crippen LogP contribution in [-0.4, -0.2) is 28.8 Å². The number of pyridine rings is 1. The lowest BCUT2D eigenvalue weighted by molar-refractivity contribution is -0.153. The van der Waals surface area contributed by atoms with E-state index in [1.807, 2.05) is 0 Å². The Hall–Kier alpha value is -2.02. The van der Waals surface area contributed by atoms with Crippen molar-refractivity contribution in [2.75, 3.05) is 6.61 Å². The van der Waals surface area contributed by atoms with Crippen LogP contribution in [-0.2, 0) is 0 Å². The van der Waals surface area contributed by atoms with Gasteiger partial charge in [-0.3, -0.25) is 0 Å². The van der Waals surface area contributed by atoms with Gasteiger partial charge in [0.2, 0.25) is 0 Å². The van der Waals surface area contributed by atoms with Crippen molar-refractivity contribution < 1.29 is 27.8 Å². The predicted molar refractivity (Wildman–Crippen MR) is 65.3 cm³/mol. The number of ether oxygens (including phenoxy) is 1. The summed E-state index contributed by atoms with van der Waals surface area (Å²) >= 11 is 5.89. The summed E-state index contributed by atoms with van der Waals surface area (Å²) in [4.78, 5) is 14.6. The van der Waals surface area contributed by atoms with Crippen molar-refractivity contribution in [3.63, 3.8) is 0 Å². The molecule has 0 aliphatic carbocycles. The molecular weight excluding hydrogens is 299 g/mol. The molecule has 0 saturated heterocycles. The van der Waals surface area contributed by atoms with Crippen molar-refractivity contribution in [1.82, 2.24) is 4.98 Å². The molecule has 1 aromatic heterocycles. The molecule has 0 amide bonds. The number of aromatic carboxylic acids is 1. The van der Waals surface area contributed by atoms with Crippen LogP contribution in [0.4, 0.5) is 13.2 Å². The quantitative estimate of drug-likeness (QED) is 0.942. The van der Waals surface area contributed by atoms with Gasteiger partial charge in [-0.05, 0) is 24.3 Å². The molecular formula is C12H7ClF3NO3. The number of carbonyl (C=O) groups is 1. The lowest BCUT2D eigenvalue weighted by atomic mass is 10.2. The number of hydrogen-bond donors (Lipinski definition) is 1. The summed E-state index contributed by atoms with van der Waals surface area (Å²) in [6.07, 6.45) is -4.44. The fourth-order valence-electron chi connectivity index (χ4n) is 1.53. The number of carboxylic acids is 1. The molecule has 0 radical (unpaired) electrons. The lowest BCUT2D eigenvalue weighted by Gasteiger charge is -2.10. The van der Waals surface area contributed by atoms with E-state index in [0.29, 0.717) is 5.39 Å². The first-order valence-corrected chi connectivity index (χ1v) is 5.67. The Morgan fingerprint density at radius 3 is 2.65 bits per heavy atom. The Bertz CT molecular complexity index is 673. The van der Waals surface area contributed by atoms with Gasteiger partial charge in [0.25, 0.3) is 0 Å². The molecule has 0 fully saturated rings. The van der Waals surface area contributed by atoms with Crippen molar-refractivity contribution in [2.45, 2.75) is 6.18 Å². The summed E-state index contributed by atoms with van der Waals surface area (Å²) in [6, 6.07) is 5.02. The van der Waals surface area contributed by atoms with Gasteiger partial charge in [0.15, 0.2) is 6.61 Å². The van der Waals surface area contributed by atoms with Gasteiger partial charge in [0.1, 0.15) is 11.4 Å². The molecule has 0 atom stereocenters. The van der Waals surface area contributed by atoms with Crippen LogP contribution >= 0.6 is 11.6 Å². The average Bonchev–Trinajstić information content (AvgIpc) is 2.35. The smallest absolute Gasteiger partial charge is 0.422 e. The normalized spacial score (nSPS) is 11.6. The van der Waals surface area contributed by atoms with Crippen molar-refractivity contribution in [1.29, 1.82) is 0 Å². The van der Waals surface area contributed by atoms with E-state index in [4.69, 9.17) is 16.7 Å². The third-order valence-corrected chi connectivity index (χ3v) is 2.66. The minimum atomic E-state index is -4.44. The highest BCUT2D eigenvalue weighted by Gasteiger charge is 2.28. The zero-order valence-electron chi connectivity index (χ0n) is 9.74. The maximum atomic E-state index is 12.0. The summed E-state index contributed by atoms with van der Waals surface area (Å²) in [7, 11) is 0. The standard InChI is InChI=1S/C12H7ClF3NO3/c13-8-4-10(11(18)19)17-9-2-1-6(3-7(8)9)20-5-12(14,15)16/h1-4H,5H2,(H,18,19). The summed E-state index contributed by atoms with van der Waals surface area (Å²) in [5, 5.41) is 9.22. The molecule has 106 valence electrons. The summed E-state index contributed by atoms with van der Waals surface area (Å²) in [6.45, 7) is -1.42. The van der Waals surface area contributed by atoms with Gasteiger partial charge < -0.3 is 9.84 Å². The first kappa shape index (κ1) is 14.4. The molecule has 20 heavy (non-hydrogen) atoms. The van der Waals surface area contributed by atoms with Crippen LogP contribution in [0.3, 0.4) is 0 Å². The summed E-state index contributed by atoms with van der Waals surface area (Å²) in [5.74, 6) is -1.27. The van der Waals surface area contributed by atoms with Crippen LogP contribution in [0.25, 0.3) is 10.9 Å². The van der Waals surface area contributed by atoms with Crippen molar-refractivity contribution in [3.05, 3.63) is 35.0 Å². The predicted octanol–water partition coefficient (Wildman–Crippen LogP) is 3.53. The maximum absolute atomic E-state index is 12.0. The molecule has 2 rings (SSSR count). The van der Waals surface area contributed by atoms with Crippen LogP contribution in [0.1, 0.15) is 10.5 Å². The van der Waals surface area contributed by atoms with Crippen molar-refractivity contribution >= 4 is 28.5 Å². The Morgan fingerprint density at radius 1 is 1.35 bits per heavy atom. The van der Waals surface area contributed by atoms with Crippen molar-refractivity contribution in [3.8, 4) is 5.75 Å². The number of hydrogen-bond acceptors (Lipinski definition) is 3. The van der Waals surface area contributed by atoms with Gasteiger partial charge in [-0.15, -0.1) is 0 Å². The largest absolute Gasteiger partial charge is 0.484 e. The molecule has 0 bridgehead atoms. The molecule has 1 N–H and O–H groups in total. The molecule has 4 nitrogen and oxygen atoms in total. The second-order valence-corrected chi connectivity index (χ2v) is 4.28. The van der Waals surface area contributed by atoms with Gasteiger partial charge >= 0.3 is 12.1 Å². The average molecular weight is 306 g/mol. The molecule has 0 aliphatic rings. The molecule has 0 spiro atoms. The number of carboxylic acid groups (broad SMARTS) is 1. The van der Waals surface area contributed by atoms with Crippen LogP contribution in [0.5, 0.6) is 5.75 Å². The number of aromatic nitrogens is 1. The van der Waals surface area contributed by atoms with E-state index in [2.05, 4.69) is 9.72 Å². The molecule has 2 aromatic rings. The van der Waals surface area contributed by atoms with Crippen LogP contribution in [0.15, 0.2) is 24.3 Å². The topological polar surface area (TPSA) is 59.4 Å². The van der Waals surface area contributed by atoms with Gasteiger partial charge in [0, 0.05) is 5.39 Å². The summed E-state index contributed by atoms with van der Waals surface area (Å²) < 4.78 is 40.7. The van der Waals surface area contributed by atoms with Gasteiger partial charge in [-0.25, -0.2) is 9.78 Å². The number of rotatable bonds is 3. The molecule has 0 unspecified atom stereocenters. The van der Waals surface area contributed by atoms with E-state index in [1.54, 1.807) is 0 Å². The van der Waals surface area contributed by atoms with Crippen molar-refractivity contribution in [2.24, 2.45) is 0 Å². The Labute approximate surface area is 115 Å². The fraction of sp³-hybridized carbons (Fsp3) is 0.167. The highest BCUT2D eigenvalue weighted by atomic mass is 35.5. The molecule has 1 heterocycles. The second kappa shape index (κ2) is 5.16. The Kier molecular flexibility index (Phi) is 3.71. The first-order chi connectivity index (χ1) is 9.26. The van der Waals surface area contributed by atoms with E-state index in [1.165, 1.54) is 18.2 Å². The molecule has 0 saturated carbocycles. The van der Waals surface area contributed by atoms with E-state index < -0.39 is 18.8 Å². The number of benzene rings is 1.